The van der Waals surface area contributed by atoms with E-state index in [2.05, 4.69) is 10.0 Å². The van der Waals surface area contributed by atoms with Crippen molar-refractivity contribution in [3.8, 4) is 0 Å². The first-order chi connectivity index (χ1) is 13.2. The molecule has 0 atom stereocenters. The molecule has 0 spiro atoms. The molecule has 0 unspecified atom stereocenters. The lowest BCUT2D eigenvalue weighted by Crippen LogP contribution is -2.15. The maximum absolute atomic E-state index is 12.9. The van der Waals surface area contributed by atoms with Crippen LogP contribution in [0.15, 0.2) is 71.6 Å². The standard InChI is InChI=1S/C21H19FN2O3S/c1-14-3-4-15(2)20(13-14)21(25)23-17-9-11-19(12-10-17)28(26,27)24-18-7-5-16(22)6-8-18/h3-13,24H,1-2H3,(H,23,25). The molecule has 0 aliphatic heterocycles. The molecule has 0 aliphatic carbocycles. The Morgan fingerprint density at radius 1 is 0.857 bits per heavy atom. The highest BCUT2D eigenvalue weighted by Crippen LogP contribution is 2.20. The van der Waals surface area contributed by atoms with Gasteiger partial charge in [-0.3, -0.25) is 9.52 Å². The van der Waals surface area contributed by atoms with Crippen LogP contribution in [0.25, 0.3) is 0 Å². The fraction of sp³-hybridized carbons (Fsp3) is 0.0952. The predicted molar refractivity (Wildman–Crippen MR) is 108 cm³/mol. The van der Waals surface area contributed by atoms with Crippen LogP contribution in [0.4, 0.5) is 15.8 Å². The van der Waals surface area contributed by atoms with Gasteiger partial charge in [0, 0.05) is 16.9 Å². The predicted octanol–water partition coefficient (Wildman–Crippen LogP) is 4.50. The van der Waals surface area contributed by atoms with Crippen LogP contribution in [0.5, 0.6) is 0 Å². The zero-order chi connectivity index (χ0) is 20.3. The van der Waals surface area contributed by atoms with Gasteiger partial charge in [0.15, 0.2) is 0 Å². The van der Waals surface area contributed by atoms with Gasteiger partial charge < -0.3 is 5.32 Å². The van der Waals surface area contributed by atoms with Crippen LogP contribution in [0.1, 0.15) is 21.5 Å². The van der Waals surface area contributed by atoms with Crippen LogP contribution in [0.2, 0.25) is 0 Å². The van der Waals surface area contributed by atoms with E-state index < -0.39 is 15.8 Å². The van der Waals surface area contributed by atoms with E-state index in [1.165, 1.54) is 48.5 Å². The van der Waals surface area contributed by atoms with Crippen molar-refractivity contribution in [2.75, 3.05) is 10.0 Å². The van der Waals surface area contributed by atoms with E-state index in [0.29, 0.717) is 11.3 Å². The molecule has 0 aromatic heterocycles. The van der Waals surface area contributed by atoms with Gasteiger partial charge in [0.25, 0.3) is 15.9 Å². The monoisotopic (exact) mass is 398 g/mol. The molecular formula is C21H19FN2O3S. The zero-order valence-electron chi connectivity index (χ0n) is 15.4. The Morgan fingerprint density at radius 3 is 2.11 bits per heavy atom. The number of amides is 1. The third kappa shape index (κ3) is 4.55. The first-order valence-electron chi connectivity index (χ1n) is 8.52. The Bertz CT molecular complexity index is 1110. The second-order valence-corrected chi connectivity index (χ2v) is 8.09. The van der Waals surface area contributed by atoms with Gasteiger partial charge in [0.2, 0.25) is 0 Å². The van der Waals surface area contributed by atoms with Crippen molar-refractivity contribution in [1.82, 2.24) is 0 Å². The lowest BCUT2D eigenvalue weighted by Gasteiger charge is -2.11. The summed E-state index contributed by atoms with van der Waals surface area (Å²) in [4.78, 5) is 12.5. The van der Waals surface area contributed by atoms with E-state index in [4.69, 9.17) is 0 Å². The smallest absolute Gasteiger partial charge is 0.261 e. The number of hydrogen-bond acceptors (Lipinski definition) is 3. The van der Waals surface area contributed by atoms with E-state index in [9.17, 15) is 17.6 Å². The van der Waals surface area contributed by atoms with Crippen molar-refractivity contribution in [2.24, 2.45) is 0 Å². The number of carbonyl (C=O) groups is 1. The Balaban J connectivity index is 1.74. The second-order valence-electron chi connectivity index (χ2n) is 6.41. The van der Waals surface area contributed by atoms with Crippen LogP contribution in [-0.4, -0.2) is 14.3 Å². The SMILES string of the molecule is Cc1ccc(C)c(C(=O)Nc2ccc(S(=O)(=O)Nc3ccc(F)cc3)cc2)c1. The summed E-state index contributed by atoms with van der Waals surface area (Å²) in [6, 6.07) is 16.4. The van der Waals surface area contributed by atoms with Crippen molar-refractivity contribution in [1.29, 1.82) is 0 Å². The fourth-order valence-corrected chi connectivity index (χ4v) is 3.69. The fourth-order valence-electron chi connectivity index (χ4n) is 2.63. The lowest BCUT2D eigenvalue weighted by molar-refractivity contribution is 0.102. The molecule has 3 aromatic carbocycles. The topological polar surface area (TPSA) is 75.3 Å². The van der Waals surface area contributed by atoms with Gasteiger partial charge in [-0.05, 0) is 74.0 Å². The number of nitrogens with one attached hydrogen (secondary N) is 2. The first-order valence-corrected chi connectivity index (χ1v) is 10.00. The van der Waals surface area contributed by atoms with Gasteiger partial charge >= 0.3 is 0 Å². The van der Waals surface area contributed by atoms with E-state index in [0.717, 1.165) is 11.1 Å². The van der Waals surface area contributed by atoms with Gasteiger partial charge in [-0.2, -0.15) is 0 Å². The van der Waals surface area contributed by atoms with Gasteiger partial charge in [-0.1, -0.05) is 17.7 Å². The summed E-state index contributed by atoms with van der Waals surface area (Å²) in [5.74, 6) is -0.715. The molecule has 0 saturated carbocycles. The van der Waals surface area contributed by atoms with Crippen LogP contribution in [0.3, 0.4) is 0 Å². The summed E-state index contributed by atoms with van der Waals surface area (Å²) in [6.45, 7) is 3.76. The van der Waals surface area contributed by atoms with Crippen LogP contribution < -0.4 is 10.0 Å². The molecule has 28 heavy (non-hydrogen) atoms. The molecule has 7 heteroatoms. The maximum Gasteiger partial charge on any atom is 0.261 e. The van der Waals surface area contributed by atoms with Gasteiger partial charge in [-0.25, -0.2) is 12.8 Å². The molecule has 144 valence electrons. The first kappa shape index (κ1) is 19.6. The Kier molecular flexibility index (Phi) is 5.46. The molecule has 0 saturated heterocycles. The summed E-state index contributed by atoms with van der Waals surface area (Å²) in [5.41, 5.74) is 3.13. The highest BCUT2D eigenvalue weighted by Gasteiger charge is 2.15. The largest absolute Gasteiger partial charge is 0.322 e. The Morgan fingerprint density at radius 2 is 1.46 bits per heavy atom. The molecule has 0 radical (unpaired) electrons. The minimum absolute atomic E-state index is 0.0292. The average molecular weight is 398 g/mol. The molecule has 0 fully saturated rings. The minimum atomic E-state index is -3.82. The quantitative estimate of drug-likeness (QED) is 0.665. The van der Waals surface area contributed by atoms with Crippen molar-refractivity contribution < 1.29 is 17.6 Å². The molecule has 3 rings (SSSR count). The third-order valence-electron chi connectivity index (χ3n) is 4.16. The molecule has 0 aliphatic rings. The Hall–Kier alpha value is -3.19. The lowest BCUT2D eigenvalue weighted by atomic mass is 10.1. The molecule has 0 bridgehead atoms. The summed E-state index contributed by atoms with van der Waals surface area (Å²) in [6.07, 6.45) is 0. The maximum atomic E-state index is 12.9. The number of aryl methyl sites for hydroxylation is 2. The molecule has 1 amide bonds. The van der Waals surface area contributed by atoms with Crippen molar-refractivity contribution in [3.63, 3.8) is 0 Å². The third-order valence-corrected chi connectivity index (χ3v) is 5.55. The van der Waals surface area contributed by atoms with Crippen molar-refractivity contribution in [3.05, 3.63) is 89.2 Å². The number of anilines is 2. The number of carbonyl (C=O) groups excluding carboxylic acids is 1. The summed E-state index contributed by atoms with van der Waals surface area (Å²) in [7, 11) is -3.82. The second kappa shape index (κ2) is 7.82. The molecule has 5 nitrogen and oxygen atoms in total. The normalized spacial score (nSPS) is 11.1. The number of halogens is 1. The number of benzene rings is 3. The highest BCUT2D eigenvalue weighted by atomic mass is 32.2. The van der Waals surface area contributed by atoms with Crippen molar-refractivity contribution in [2.45, 2.75) is 18.7 Å². The number of hydrogen-bond donors (Lipinski definition) is 2. The van der Waals surface area contributed by atoms with E-state index in [1.54, 1.807) is 6.07 Å². The van der Waals surface area contributed by atoms with Crippen LogP contribution in [-0.2, 0) is 10.0 Å². The summed E-state index contributed by atoms with van der Waals surface area (Å²) >= 11 is 0. The highest BCUT2D eigenvalue weighted by molar-refractivity contribution is 7.92. The van der Waals surface area contributed by atoms with E-state index >= 15 is 0 Å². The van der Waals surface area contributed by atoms with Gasteiger partial charge in [-0.15, -0.1) is 0 Å². The molecular weight excluding hydrogens is 379 g/mol. The van der Waals surface area contributed by atoms with Gasteiger partial charge in [0.05, 0.1) is 4.90 Å². The molecule has 3 aromatic rings. The zero-order valence-corrected chi connectivity index (χ0v) is 16.2. The van der Waals surface area contributed by atoms with E-state index in [-0.39, 0.29) is 16.5 Å². The average Bonchev–Trinajstić information content (AvgIpc) is 2.66. The van der Waals surface area contributed by atoms with E-state index in [1.807, 2.05) is 26.0 Å². The van der Waals surface area contributed by atoms with Crippen LogP contribution in [0, 0.1) is 19.7 Å². The van der Waals surface area contributed by atoms with Gasteiger partial charge in [0.1, 0.15) is 5.82 Å². The van der Waals surface area contributed by atoms with Crippen molar-refractivity contribution >= 4 is 27.3 Å². The molecule has 0 heterocycles. The van der Waals surface area contributed by atoms with Crippen LogP contribution >= 0.6 is 0 Å². The number of sulfonamides is 1. The Labute approximate surface area is 163 Å². The number of rotatable bonds is 5. The molecule has 2 N–H and O–H groups in total. The summed E-state index contributed by atoms with van der Waals surface area (Å²) in [5, 5.41) is 2.77. The summed E-state index contributed by atoms with van der Waals surface area (Å²) < 4.78 is 40.2. The minimum Gasteiger partial charge on any atom is -0.322 e.